The predicted molar refractivity (Wildman–Crippen MR) is 89.8 cm³/mol. The number of rotatable bonds is 9. The normalized spacial score (nSPS) is 28.3. The third kappa shape index (κ3) is 6.22. The Bertz CT molecular complexity index is 483. The Balaban J connectivity index is 3.10. The van der Waals surface area contributed by atoms with Crippen LogP contribution in [0.25, 0.3) is 0 Å². The second-order valence-corrected chi connectivity index (χ2v) is 6.10. The summed E-state index contributed by atoms with van der Waals surface area (Å²) in [6.07, 6.45) is -3.40. The zero-order valence-corrected chi connectivity index (χ0v) is 15.5. The molecule has 9 nitrogen and oxygen atoms in total. The van der Waals surface area contributed by atoms with Crippen LogP contribution in [0.1, 0.15) is 52.9 Å². The van der Waals surface area contributed by atoms with Crippen LogP contribution in [0.4, 0.5) is 0 Å². The smallest absolute Gasteiger partial charge is 0.306 e. The highest BCUT2D eigenvalue weighted by Crippen LogP contribution is 2.26. The number of esters is 2. The average molecular weight is 375 g/mol. The lowest BCUT2D eigenvalue weighted by Gasteiger charge is -2.43. The molecular formula is C17H29NO8. The molecule has 1 saturated heterocycles. The highest BCUT2D eigenvalue weighted by Gasteiger charge is 2.50. The molecule has 9 heteroatoms. The SMILES string of the molecule is CCCC(=O)N[C@H]1C(O)O[C@H](CO)[C@@H](OC(=O)CC)[C@@H]1OC(=O)CCC. The molecule has 1 heterocycles. The summed E-state index contributed by atoms with van der Waals surface area (Å²) in [4.78, 5) is 35.7. The summed E-state index contributed by atoms with van der Waals surface area (Å²) in [5.41, 5.74) is 0. The van der Waals surface area contributed by atoms with Gasteiger partial charge in [0.05, 0.1) is 6.61 Å². The summed E-state index contributed by atoms with van der Waals surface area (Å²) < 4.78 is 16.0. The van der Waals surface area contributed by atoms with Gasteiger partial charge in [-0.05, 0) is 12.8 Å². The molecule has 0 radical (unpaired) electrons. The number of nitrogens with one attached hydrogen (secondary N) is 1. The molecule has 150 valence electrons. The van der Waals surface area contributed by atoms with Crippen LogP contribution in [-0.2, 0) is 28.6 Å². The van der Waals surface area contributed by atoms with E-state index >= 15 is 0 Å². The standard InChI is InChI=1S/C17H29NO8/c1-4-7-11(20)18-14-16(26-13(22)8-5-2)15(25-12(21)6-3)10(9-19)24-17(14)23/h10,14-17,19,23H,4-9H2,1-3H3,(H,18,20)/t10-,14-,15-,16-,17?/m1/s1. The molecule has 0 aromatic heterocycles. The molecule has 3 N–H and O–H groups in total. The molecule has 0 aliphatic carbocycles. The zero-order chi connectivity index (χ0) is 19.7. The third-order valence-corrected chi connectivity index (χ3v) is 3.93. The molecule has 1 rings (SSSR count). The molecule has 0 bridgehead atoms. The maximum absolute atomic E-state index is 12.0. The maximum atomic E-state index is 12.0. The fourth-order valence-corrected chi connectivity index (χ4v) is 2.64. The van der Waals surface area contributed by atoms with Crippen molar-refractivity contribution >= 4 is 17.8 Å². The van der Waals surface area contributed by atoms with Crippen molar-refractivity contribution in [2.24, 2.45) is 0 Å². The Hall–Kier alpha value is -1.71. The monoisotopic (exact) mass is 375 g/mol. The quantitative estimate of drug-likeness (QED) is 0.481. The number of aliphatic hydroxyl groups is 2. The molecule has 26 heavy (non-hydrogen) atoms. The summed E-state index contributed by atoms with van der Waals surface area (Å²) in [6, 6.07) is -1.12. The van der Waals surface area contributed by atoms with E-state index in [0.717, 1.165) is 0 Å². The van der Waals surface area contributed by atoms with Gasteiger partial charge in [0.1, 0.15) is 12.1 Å². The molecule has 1 aliphatic heterocycles. The Kier molecular flexibility index (Phi) is 9.53. The second kappa shape index (κ2) is 11.1. The first-order valence-electron chi connectivity index (χ1n) is 9.00. The maximum Gasteiger partial charge on any atom is 0.306 e. The van der Waals surface area contributed by atoms with Gasteiger partial charge in [-0.2, -0.15) is 0 Å². The molecule has 1 amide bonds. The van der Waals surface area contributed by atoms with Crippen LogP contribution in [0.3, 0.4) is 0 Å². The van der Waals surface area contributed by atoms with Crippen LogP contribution in [0.15, 0.2) is 0 Å². The van der Waals surface area contributed by atoms with E-state index < -0.39 is 49.2 Å². The number of hydrogen-bond donors (Lipinski definition) is 3. The van der Waals surface area contributed by atoms with Gasteiger partial charge in [-0.25, -0.2) is 0 Å². The molecule has 1 unspecified atom stereocenters. The Labute approximate surface area is 153 Å². The topological polar surface area (TPSA) is 131 Å². The lowest BCUT2D eigenvalue weighted by atomic mass is 9.96. The lowest BCUT2D eigenvalue weighted by Crippen LogP contribution is -2.66. The first-order chi connectivity index (χ1) is 12.4. The minimum atomic E-state index is -1.52. The Morgan fingerprint density at radius 3 is 2.15 bits per heavy atom. The van der Waals surface area contributed by atoms with E-state index in [0.29, 0.717) is 12.8 Å². The lowest BCUT2D eigenvalue weighted by molar-refractivity contribution is -0.264. The largest absolute Gasteiger partial charge is 0.456 e. The van der Waals surface area contributed by atoms with Gasteiger partial charge in [-0.3, -0.25) is 14.4 Å². The molecule has 0 spiro atoms. The van der Waals surface area contributed by atoms with E-state index in [-0.39, 0.29) is 25.2 Å². The summed E-state index contributed by atoms with van der Waals surface area (Å²) in [5.74, 6) is -1.50. The van der Waals surface area contributed by atoms with Crippen molar-refractivity contribution in [3.63, 3.8) is 0 Å². The minimum absolute atomic E-state index is 0.0691. The summed E-state index contributed by atoms with van der Waals surface area (Å²) >= 11 is 0. The number of hydrogen-bond acceptors (Lipinski definition) is 8. The third-order valence-electron chi connectivity index (χ3n) is 3.93. The van der Waals surface area contributed by atoms with E-state index in [4.69, 9.17) is 14.2 Å². The van der Waals surface area contributed by atoms with E-state index in [1.807, 2.05) is 6.92 Å². The molecule has 0 aromatic rings. The summed E-state index contributed by atoms with van der Waals surface area (Å²) in [5, 5.41) is 22.3. The summed E-state index contributed by atoms with van der Waals surface area (Å²) in [7, 11) is 0. The van der Waals surface area contributed by atoms with Crippen LogP contribution < -0.4 is 5.32 Å². The van der Waals surface area contributed by atoms with Gasteiger partial charge >= 0.3 is 11.9 Å². The second-order valence-electron chi connectivity index (χ2n) is 6.10. The van der Waals surface area contributed by atoms with Crippen molar-refractivity contribution in [1.82, 2.24) is 5.32 Å². The predicted octanol–water partition coefficient (Wildman–Crippen LogP) is 0.0145. The van der Waals surface area contributed by atoms with Crippen molar-refractivity contribution in [3.05, 3.63) is 0 Å². The van der Waals surface area contributed by atoms with Gasteiger partial charge < -0.3 is 29.7 Å². The fourth-order valence-electron chi connectivity index (χ4n) is 2.64. The van der Waals surface area contributed by atoms with E-state index in [1.165, 1.54) is 0 Å². The molecule has 1 fully saturated rings. The first kappa shape index (κ1) is 22.3. The molecule has 1 aliphatic rings. The van der Waals surface area contributed by atoms with Crippen molar-refractivity contribution < 1.29 is 38.8 Å². The van der Waals surface area contributed by atoms with Crippen LogP contribution in [-0.4, -0.2) is 65.3 Å². The highest BCUT2D eigenvalue weighted by atomic mass is 16.7. The fraction of sp³-hybridized carbons (Fsp3) is 0.824. The van der Waals surface area contributed by atoms with E-state index in [2.05, 4.69) is 5.32 Å². The van der Waals surface area contributed by atoms with Gasteiger partial charge in [0.15, 0.2) is 18.5 Å². The first-order valence-corrected chi connectivity index (χ1v) is 9.00. The van der Waals surface area contributed by atoms with Crippen molar-refractivity contribution in [2.75, 3.05) is 6.61 Å². The van der Waals surface area contributed by atoms with Gasteiger partial charge in [-0.15, -0.1) is 0 Å². The Morgan fingerprint density at radius 1 is 1.00 bits per heavy atom. The van der Waals surface area contributed by atoms with Gasteiger partial charge in [0.25, 0.3) is 0 Å². The molecular weight excluding hydrogens is 346 g/mol. The highest BCUT2D eigenvalue weighted by molar-refractivity contribution is 5.76. The van der Waals surface area contributed by atoms with Gasteiger partial charge in [-0.1, -0.05) is 20.8 Å². The molecule has 0 saturated carbocycles. The van der Waals surface area contributed by atoms with Gasteiger partial charge in [0.2, 0.25) is 5.91 Å². The molecule has 5 atom stereocenters. The number of aliphatic hydroxyl groups excluding tert-OH is 2. The van der Waals surface area contributed by atoms with Crippen molar-refractivity contribution in [2.45, 2.75) is 83.5 Å². The number of amides is 1. The van der Waals surface area contributed by atoms with Crippen LogP contribution in [0.5, 0.6) is 0 Å². The average Bonchev–Trinajstić information content (AvgIpc) is 2.60. The van der Waals surface area contributed by atoms with E-state index in [1.54, 1.807) is 13.8 Å². The number of carbonyl (C=O) groups excluding carboxylic acids is 3. The van der Waals surface area contributed by atoms with Gasteiger partial charge in [0, 0.05) is 19.3 Å². The van der Waals surface area contributed by atoms with Crippen molar-refractivity contribution in [3.8, 4) is 0 Å². The number of carbonyl (C=O) groups is 3. The van der Waals surface area contributed by atoms with Crippen LogP contribution in [0.2, 0.25) is 0 Å². The minimum Gasteiger partial charge on any atom is -0.456 e. The number of ether oxygens (including phenoxy) is 3. The van der Waals surface area contributed by atoms with Crippen LogP contribution in [0, 0.1) is 0 Å². The van der Waals surface area contributed by atoms with Crippen LogP contribution >= 0.6 is 0 Å². The molecule has 0 aromatic carbocycles. The van der Waals surface area contributed by atoms with Crippen molar-refractivity contribution in [1.29, 1.82) is 0 Å². The Morgan fingerprint density at radius 2 is 1.62 bits per heavy atom. The van der Waals surface area contributed by atoms with E-state index in [9.17, 15) is 24.6 Å². The zero-order valence-electron chi connectivity index (χ0n) is 15.5. The summed E-state index contributed by atoms with van der Waals surface area (Å²) in [6.45, 7) is 4.65.